The molecule has 0 radical (unpaired) electrons. The number of aromatic nitrogens is 1. The van der Waals surface area contributed by atoms with E-state index in [1.807, 2.05) is 25.3 Å². The van der Waals surface area contributed by atoms with Gasteiger partial charge in [-0.1, -0.05) is 37.6 Å². The molecule has 1 heterocycles. The second kappa shape index (κ2) is 8.12. The Labute approximate surface area is 107 Å². The molecule has 0 atom stereocenters. The lowest BCUT2D eigenvalue weighted by Crippen LogP contribution is -2.26. The van der Waals surface area contributed by atoms with E-state index >= 15 is 0 Å². The van der Waals surface area contributed by atoms with Crippen LogP contribution in [0.3, 0.4) is 0 Å². The second-order valence-corrected chi connectivity index (χ2v) is 5.02. The number of pyridine rings is 1. The number of hydrogen-bond donors (Lipinski definition) is 1. The summed E-state index contributed by atoms with van der Waals surface area (Å²) in [6, 6.07) is 3.96. The van der Waals surface area contributed by atoms with Gasteiger partial charge < -0.3 is 5.32 Å². The lowest BCUT2D eigenvalue weighted by Gasteiger charge is -2.04. The maximum absolute atomic E-state index is 11.5. The molecule has 1 aromatic heterocycles. The van der Waals surface area contributed by atoms with Crippen molar-refractivity contribution in [3.63, 3.8) is 0 Å². The Morgan fingerprint density at radius 1 is 1.41 bits per heavy atom. The summed E-state index contributed by atoms with van der Waals surface area (Å²) in [5.41, 5.74) is 1.14. The minimum atomic E-state index is 0.0912. The molecule has 1 amide bonds. The molecule has 4 heteroatoms. The summed E-state index contributed by atoms with van der Waals surface area (Å²) in [5.74, 6) is 0.538. The number of carbonyl (C=O) groups excluding carboxylic acids is 1. The van der Waals surface area contributed by atoms with E-state index < -0.39 is 0 Å². The largest absolute Gasteiger partial charge is 0.355 e. The highest BCUT2D eigenvalue weighted by Crippen LogP contribution is 2.14. The minimum absolute atomic E-state index is 0.0912. The number of amides is 1. The van der Waals surface area contributed by atoms with Crippen LogP contribution in [0.4, 0.5) is 0 Å². The van der Waals surface area contributed by atoms with Gasteiger partial charge in [-0.3, -0.25) is 4.79 Å². The lowest BCUT2D eigenvalue weighted by atomic mass is 10.2. The van der Waals surface area contributed by atoms with Crippen molar-refractivity contribution in [1.29, 1.82) is 0 Å². The summed E-state index contributed by atoms with van der Waals surface area (Å²) < 4.78 is 0. The van der Waals surface area contributed by atoms with Gasteiger partial charge in [0.2, 0.25) is 5.91 Å². The predicted molar refractivity (Wildman–Crippen MR) is 72.2 cm³/mol. The van der Waals surface area contributed by atoms with Crippen LogP contribution in [-0.2, 0) is 4.79 Å². The van der Waals surface area contributed by atoms with Gasteiger partial charge in [-0.25, -0.2) is 4.98 Å². The zero-order valence-electron chi connectivity index (χ0n) is 10.5. The Morgan fingerprint density at radius 2 is 2.24 bits per heavy atom. The molecule has 17 heavy (non-hydrogen) atoms. The first-order valence-electron chi connectivity index (χ1n) is 6.04. The fourth-order valence-electron chi connectivity index (χ4n) is 1.33. The minimum Gasteiger partial charge on any atom is -0.355 e. The molecule has 0 aliphatic carbocycles. The summed E-state index contributed by atoms with van der Waals surface area (Å²) in [6.07, 6.45) is 5.24. The molecule has 0 aromatic carbocycles. The third-order valence-electron chi connectivity index (χ3n) is 2.34. The van der Waals surface area contributed by atoms with Gasteiger partial charge in [0.15, 0.2) is 0 Å². The Balaban J connectivity index is 2.17. The summed E-state index contributed by atoms with van der Waals surface area (Å²) in [5, 5.41) is 3.81. The van der Waals surface area contributed by atoms with Crippen molar-refractivity contribution >= 4 is 17.7 Å². The Kier molecular flexibility index (Phi) is 6.70. The van der Waals surface area contributed by atoms with Crippen molar-refractivity contribution in [2.45, 2.75) is 38.1 Å². The highest BCUT2D eigenvalue weighted by molar-refractivity contribution is 7.99. The molecule has 0 spiro atoms. The van der Waals surface area contributed by atoms with Crippen LogP contribution in [0.25, 0.3) is 0 Å². The van der Waals surface area contributed by atoms with E-state index in [1.54, 1.807) is 0 Å². The fraction of sp³-hybridized carbons (Fsp3) is 0.538. The summed E-state index contributed by atoms with van der Waals surface area (Å²) in [7, 11) is 0. The van der Waals surface area contributed by atoms with Crippen LogP contribution in [0.15, 0.2) is 23.4 Å². The van der Waals surface area contributed by atoms with Gasteiger partial charge in [0.05, 0.1) is 10.8 Å². The van der Waals surface area contributed by atoms with E-state index in [0.29, 0.717) is 5.75 Å². The van der Waals surface area contributed by atoms with E-state index in [0.717, 1.165) is 23.6 Å². The second-order valence-electron chi connectivity index (χ2n) is 4.02. The topological polar surface area (TPSA) is 42.0 Å². The van der Waals surface area contributed by atoms with Crippen molar-refractivity contribution in [2.24, 2.45) is 0 Å². The van der Waals surface area contributed by atoms with Crippen LogP contribution < -0.4 is 5.32 Å². The number of thioether (sulfide) groups is 1. The van der Waals surface area contributed by atoms with Crippen LogP contribution in [0, 0.1) is 6.92 Å². The van der Waals surface area contributed by atoms with E-state index in [2.05, 4.69) is 17.2 Å². The van der Waals surface area contributed by atoms with Gasteiger partial charge >= 0.3 is 0 Å². The molecular weight excluding hydrogens is 232 g/mol. The first-order chi connectivity index (χ1) is 8.22. The first-order valence-corrected chi connectivity index (χ1v) is 7.03. The number of hydrogen-bond acceptors (Lipinski definition) is 3. The Morgan fingerprint density at radius 3 is 2.88 bits per heavy atom. The van der Waals surface area contributed by atoms with E-state index in [9.17, 15) is 4.79 Å². The lowest BCUT2D eigenvalue weighted by molar-refractivity contribution is -0.118. The molecule has 0 aliphatic heterocycles. The van der Waals surface area contributed by atoms with Gasteiger partial charge in [0, 0.05) is 12.7 Å². The zero-order chi connectivity index (χ0) is 12.5. The van der Waals surface area contributed by atoms with Gasteiger partial charge in [0.25, 0.3) is 0 Å². The van der Waals surface area contributed by atoms with Gasteiger partial charge in [-0.05, 0) is 25.0 Å². The smallest absolute Gasteiger partial charge is 0.230 e. The number of nitrogens with zero attached hydrogens (tertiary/aromatic N) is 1. The maximum Gasteiger partial charge on any atom is 0.230 e. The summed E-state index contributed by atoms with van der Waals surface area (Å²) in [4.78, 5) is 15.7. The van der Waals surface area contributed by atoms with E-state index in [1.165, 1.54) is 24.6 Å². The molecule has 1 rings (SSSR count). The third-order valence-corrected chi connectivity index (χ3v) is 3.28. The summed E-state index contributed by atoms with van der Waals surface area (Å²) in [6.45, 7) is 4.94. The normalized spacial score (nSPS) is 10.2. The Hall–Kier alpha value is -1.03. The van der Waals surface area contributed by atoms with E-state index in [-0.39, 0.29) is 5.91 Å². The molecular formula is C13H20N2OS. The molecule has 1 aromatic rings. The number of rotatable bonds is 7. The monoisotopic (exact) mass is 252 g/mol. The van der Waals surface area contributed by atoms with Crippen molar-refractivity contribution in [3.8, 4) is 0 Å². The molecule has 0 saturated heterocycles. The maximum atomic E-state index is 11.5. The number of unbranched alkanes of at least 4 members (excludes halogenated alkanes) is 2. The standard InChI is InChI=1S/C13H20N2OS/c1-3-4-5-8-14-12(16)10-17-13-7-6-11(2)9-15-13/h6-7,9H,3-5,8,10H2,1-2H3,(H,14,16). The van der Waals surface area contributed by atoms with Crippen LogP contribution in [0.1, 0.15) is 31.7 Å². The average molecular weight is 252 g/mol. The highest BCUT2D eigenvalue weighted by atomic mass is 32.2. The predicted octanol–water partition coefficient (Wildman–Crippen LogP) is 2.79. The number of carbonyl (C=O) groups is 1. The molecule has 1 N–H and O–H groups in total. The molecule has 0 fully saturated rings. The molecule has 3 nitrogen and oxygen atoms in total. The van der Waals surface area contributed by atoms with Crippen LogP contribution in [0.2, 0.25) is 0 Å². The van der Waals surface area contributed by atoms with Crippen LogP contribution in [0.5, 0.6) is 0 Å². The van der Waals surface area contributed by atoms with Gasteiger partial charge in [0.1, 0.15) is 0 Å². The average Bonchev–Trinajstić information content (AvgIpc) is 2.34. The molecule has 94 valence electrons. The molecule has 0 unspecified atom stereocenters. The van der Waals surface area contributed by atoms with Crippen molar-refractivity contribution < 1.29 is 4.79 Å². The third kappa shape index (κ3) is 6.31. The fourth-order valence-corrected chi connectivity index (χ4v) is 2.01. The zero-order valence-corrected chi connectivity index (χ0v) is 11.3. The summed E-state index contributed by atoms with van der Waals surface area (Å²) >= 11 is 1.48. The Bertz CT molecular complexity index is 338. The molecule has 0 aliphatic rings. The van der Waals surface area contributed by atoms with Crippen molar-refractivity contribution in [3.05, 3.63) is 23.9 Å². The van der Waals surface area contributed by atoms with E-state index in [4.69, 9.17) is 0 Å². The van der Waals surface area contributed by atoms with Crippen LogP contribution in [-0.4, -0.2) is 23.2 Å². The first kappa shape index (κ1) is 14.0. The molecule has 0 bridgehead atoms. The SMILES string of the molecule is CCCCCNC(=O)CSc1ccc(C)cn1. The van der Waals surface area contributed by atoms with Gasteiger partial charge in [-0.2, -0.15) is 0 Å². The molecule has 0 saturated carbocycles. The van der Waals surface area contributed by atoms with Crippen LogP contribution >= 0.6 is 11.8 Å². The quantitative estimate of drug-likeness (QED) is 0.599. The van der Waals surface area contributed by atoms with Crippen molar-refractivity contribution in [1.82, 2.24) is 10.3 Å². The number of aryl methyl sites for hydroxylation is 1. The van der Waals surface area contributed by atoms with Crippen molar-refractivity contribution in [2.75, 3.05) is 12.3 Å². The highest BCUT2D eigenvalue weighted by Gasteiger charge is 2.02. The van der Waals surface area contributed by atoms with Gasteiger partial charge in [-0.15, -0.1) is 0 Å². The number of nitrogens with one attached hydrogen (secondary N) is 1.